The Kier molecular flexibility index (Phi) is 1.36. The van der Waals surface area contributed by atoms with Crippen LogP contribution in [0.25, 0.3) is 5.65 Å². The maximum Gasteiger partial charge on any atom is 0.301 e. The van der Waals surface area contributed by atoms with Crippen LogP contribution < -0.4 is 4.68 Å². The van der Waals surface area contributed by atoms with Gasteiger partial charge in [-0.3, -0.25) is 0 Å². The first kappa shape index (κ1) is 7.21. The lowest BCUT2D eigenvalue weighted by Crippen LogP contribution is -2.33. The third-order valence-corrected chi connectivity index (χ3v) is 2.08. The highest BCUT2D eigenvalue weighted by molar-refractivity contribution is 5.43. The third kappa shape index (κ3) is 0.809. The van der Waals surface area contributed by atoms with Crippen molar-refractivity contribution in [1.82, 2.24) is 14.7 Å². The van der Waals surface area contributed by atoms with Crippen LogP contribution in [0.4, 0.5) is 0 Å². The Hall–Kier alpha value is -1.45. The quantitative estimate of drug-likeness (QED) is 0.519. The molecule has 0 N–H and O–H groups in total. The zero-order valence-electron chi connectivity index (χ0n) is 7.44. The molecule has 2 aromatic rings. The van der Waals surface area contributed by atoms with Crippen molar-refractivity contribution in [1.29, 1.82) is 0 Å². The lowest BCUT2D eigenvalue weighted by Gasteiger charge is -1.86. The molecule has 0 aromatic carbocycles. The van der Waals surface area contributed by atoms with Gasteiger partial charge < -0.3 is 0 Å². The second-order valence-electron chi connectivity index (χ2n) is 2.92. The van der Waals surface area contributed by atoms with Gasteiger partial charge in [-0.2, -0.15) is 0 Å². The Morgan fingerprint density at radius 1 is 1.42 bits per heavy atom. The predicted molar refractivity (Wildman–Crippen MR) is 43.6 cm³/mol. The Bertz CT molecular complexity index is 430. The van der Waals surface area contributed by atoms with Gasteiger partial charge in [0.25, 0.3) is 5.65 Å². The van der Waals surface area contributed by atoms with E-state index in [-0.39, 0.29) is 0 Å². The van der Waals surface area contributed by atoms with Gasteiger partial charge in [0, 0.05) is 12.5 Å². The maximum absolute atomic E-state index is 4.33. The van der Waals surface area contributed by atoms with Crippen molar-refractivity contribution in [2.45, 2.75) is 13.8 Å². The average Bonchev–Trinajstić information content (AvgIpc) is 2.32. The first-order chi connectivity index (χ1) is 5.70. The molecule has 0 fully saturated rings. The minimum atomic E-state index is 0.928. The fraction of sp³-hybridized carbons (Fsp3) is 0.375. The molecule has 0 saturated carbocycles. The molecule has 0 saturated heterocycles. The number of hydrogen-bond donors (Lipinski definition) is 0. The summed E-state index contributed by atoms with van der Waals surface area (Å²) in [6.07, 6.45) is 1.79. The molecule has 0 unspecified atom stereocenters. The molecule has 12 heavy (non-hydrogen) atoms. The molecule has 0 bridgehead atoms. The van der Waals surface area contributed by atoms with Gasteiger partial charge in [-0.25, -0.2) is 0 Å². The summed E-state index contributed by atoms with van der Waals surface area (Å²) in [7, 11) is 1.92. The number of hydrogen-bond acceptors (Lipinski definition) is 2. The zero-order valence-corrected chi connectivity index (χ0v) is 7.44. The van der Waals surface area contributed by atoms with Crippen molar-refractivity contribution in [3.8, 4) is 0 Å². The molecule has 4 nitrogen and oxygen atoms in total. The molecule has 0 amide bonds. The van der Waals surface area contributed by atoms with Crippen molar-refractivity contribution in [2.75, 3.05) is 0 Å². The minimum absolute atomic E-state index is 0.928. The second-order valence-corrected chi connectivity index (χ2v) is 2.92. The first-order valence-electron chi connectivity index (χ1n) is 3.87. The summed E-state index contributed by atoms with van der Waals surface area (Å²) in [5.41, 5.74) is 2.08. The van der Waals surface area contributed by atoms with Gasteiger partial charge in [-0.1, -0.05) is 9.61 Å². The Labute approximate surface area is 70.5 Å². The van der Waals surface area contributed by atoms with Gasteiger partial charge in [-0.05, 0) is 18.1 Å². The Morgan fingerprint density at radius 2 is 2.17 bits per heavy atom. The lowest BCUT2D eigenvalue weighted by molar-refractivity contribution is -0.732. The van der Waals surface area contributed by atoms with Crippen LogP contribution in [0.3, 0.4) is 0 Å². The summed E-state index contributed by atoms with van der Waals surface area (Å²) in [5.74, 6) is 1.04. The van der Waals surface area contributed by atoms with Crippen molar-refractivity contribution in [3.63, 3.8) is 0 Å². The summed E-state index contributed by atoms with van der Waals surface area (Å²) in [6, 6.07) is 1.96. The van der Waals surface area contributed by atoms with Gasteiger partial charge in [0.05, 0.1) is 6.20 Å². The number of aromatic nitrogens is 4. The molecule has 0 radical (unpaired) electrons. The van der Waals surface area contributed by atoms with E-state index in [9.17, 15) is 0 Å². The number of aryl methyl sites for hydroxylation is 3. The molecule has 0 aliphatic rings. The second kappa shape index (κ2) is 2.27. The first-order valence-corrected chi connectivity index (χ1v) is 3.87. The van der Waals surface area contributed by atoms with Crippen LogP contribution in [-0.4, -0.2) is 14.7 Å². The highest BCUT2D eigenvalue weighted by atomic mass is 15.4. The smallest absolute Gasteiger partial charge is 0.135 e. The van der Waals surface area contributed by atoms with E-state index in [0.717, 1.165) is 17.0 Å². The van der Waals surface area contributed by atoms with Crippen LogP contribution in [0.15, 0.2) is 12.3 Å². The summed E-state index contributed by atoms with van der Waals surface area (Å²) in [5, 5.41) is 8.53. The van der Waals surface area contributed by atoms with E-state index < -0.39 is 0 Å². The fourth-order valence-electron chi connectivity index (χ4n) is 1.22. The standard InChI is InChI=1S/C8H11N4/c1-6-4-5-9-12-7(2)11(3)10-8(6)12/h4-5H,1-3H3/q+1. The van der Waals surface area contributed by atoms with Gasteiger partial charge in [0.15, 0.2) is 0 Å². The van der Waals surface area contributed by atoms with Crippen LogP contribution in [0.2, 0.25) is 0 Å². The highest BCUT2D eigenvalue weighted by Gasteiger charge is 2.14. The van der Waals surface area contributed by atoms with Crippen molar-refractivity contribution < 1.29 is 4.68 Å². The van der Waals surface area contributed by atoms with E-state index in [0.29, 0.717) is 0 Å². The van der Waals surface area contributed by atoms with E-state index >= 15 is 0 Å². The van der Waals surface area contributed by atoms with Crippen LogP contribution in [-0.2, 0) is 7.05 Å². The Morgan fingerprint density at radius 3 is 2.83 bits per heavy atom. The number of rotatable bonds is 0. The zero-order chi connectivity index (χ0) is 8.72. The van der Waals surface area contributed by atoms with Gasteiger partial charge >= 0.3 is 5.82 Å². The van der Waals surface area contributed by atoms with E-state index in [1.165, 1.54) is 0 Å². The van der Waals surface area contributed by atoms with Crippen LogP contribution in [0.1, 0.15) is 11.4 Å². The van der Waals surface area contributed by atoms with Gasteiger partial charge in [-0.15, -0.1) is 4.68 Å². The lowest BCUT2D eigenvalue weighted by atomic mass is 10.3. The van der Waals surface area contributed by atoms with E-state index in [1.807, 2.05) is 36.2 Å². The molecule has 4 heteroatoms. The Balaban J connectivity index is 2.95. The monoisotopic (exact) mass is 163 g/mol. The normalized spacial score (nSPS) is 10.9. The summed E-state index contributed by atoms with van der Waals surface area (Å²) >= 11 is 0. The van der Waals surface area contributed by atoms with Crippen molar-refractivity contribution in [3.05, 3.63) is 23.7 Å². The SMILES string of the molecule is Cc1ccnn2c(C)[n+](C)nc12. The summed E-state index contributed by atoms with van der Waals surface area (Å²) in [6.45, 7) is 4.02. The van der Waals surface area contributed by atoms with E-state index in [4.69, 9.17) is 0 Å². The topological polar surface area (TPSA) is 34.1 Å². The van der Waals surface area contributed by atoms with Crippen molar-refractivity contribution in [2.24, 2.45) is 7.05 Å². The largest absolute Gasteiger partial charge is 0.301 e. The number of nitrogens with zero attached hydrogens (tertiary/aromatic N) is 4. The highest BCUT2D eigenvalue weighted by Crippen LogP contribution is 2.03. The molecule has 2 heterocycles. The molecular formula is C8H11N4+. The van der Waals surface area contributed by atoms with E-state index in [2.05, 4.69) is 10.2 Å². The molecule has 62 valence electrons. The summed E-state index contributed by atoms with van der Waals surface area (Å²) in [4.78, 5) is 0. The molecule has 0 aliphatic carbocycles. The third-order valence-electron chi connectivity index (χ3n) is 2.08. The number of fused-ring (bicyclic) bond motifs is 1. The fourth-order valence-corrected chi connectivity index (χ4v) is 1.22. The average molecular weight is 163 g/mol. The van der Waals surface area contributed by atoms with Crippen LogP contribution >= 0.6 is 0 Å². The van der Waals surface area contributed by atoms with Gasteiger partial charge in [0.1, 0.15) is 7.05 Å². The molecule has 2 aromatic heterocycles. The van der Waals surface area contributed by atoms with Crippen LogP contribution in [0.5, 0.6) is 0 Å². The molecule has 0 spiro atoms. The summed E-state index contributed by atoms with van der Waals surface area (Å²) < 4.78 is 3.67. The molecular weight excluding hydrogens is 152 g/mol. The molecule has 2 rings (SSSR count). The molecule has 0 atom stereocenters. The molecule has 0 aliphatic heterocycles. The van der Waals surface area contributed by atoms with Crippen molar-refractivity contribution >= 4 is 5.65 Å². The van der Waals surface area contributed by atoms with Crippen LogP contribution in [0, 0.1) is 13.8 Å². The minimum Gasteiger partial charge on any atom is -0.135 e. The predicted octanol–water partition coefficient (Wildman–Crippen LogP) is 0.171. The maximum atomic E-state index is 4.33. The van der Waals surface area contributed by atoms with Gasteiger partial charge in [0.2, 0.25) is 0 Å². The van der Waals surface area contributed by atoms with E-state index in [1.54, 1.807) is 6.20 Å².